The molecule has 3 heteroatoms. The van der Waals surface area contributed by atoms with Crippen LogP contribution in [0.4, 0.5) is 17.1 Å². The normalized spacial score (nSPS) is 10.2. The second-order valence-electron chi connectivity index (χ2n) is 4.56. The van der Waals surface area contributed by atoms with Crippen molar-refractivity contribution in [2.75, 3.05) is 17.2 Å². The van der Waals surface area contributed by atoms with Crippen LogP contribution in [0.15, 0.2) is 42.7 Å². The van der Waals surface area contributed by atoms with Gasteiger partial charge in [0.25, 0.3) is 0 Å². The summed E-state index contributed by atoms with van der Waals surface area (Å²) in [6, 6.07) is 10.6. The molecule has 3 nitrogen and oxygen atoms in total. The van der Waals surface area contributed by atoms with E-state index in [4.69, 9.17) is 0 Å². The minimum atomic E-state index is 0.969. The maximum Gasteiger partial charge on any atom is 0.0591 e. The van der Waals surface area contributed by atoms with Crippen LogP contribution in [-0.2, 0) is 6.42 Å². The van der Waals surface area contributed by atoms with E-state index in [1.54, 1.807) is 0 Å². The first-order valence-electron chi connectivity index (χ1n) is 6.86. The molecule has 19 heavy (non-hydrogen) atoms. The summed E-state index contributed by atoms with van der Waals surface area (Å²) in [5, 5.41) is 6.71. The Morgan fingerprint density at radius 1 is 0.947 bits per heavy atom. The maximum atomic E-state index is 4.24. The van der Waals surface area contributed by atoms with E-state index in [9.17, 15) is 0 Å². The van der Waals surface area contributed by atoms with Gasteiger partial charge in [-0.1, -0.05) is 26.0 Å². The molecule has 1 aromatic heterocycles. The number of anilines is 3. The third kappa shape index (κ3) is 3.98. The molecule has 0 aliphatic heterocycles. The molecule has 0 radical (unpaired) electrons. The number of pyridine rings is 1. The van der Waals surface area contributed by atoms with Gasteiger partial charge in [-0.25, -0.2) is 0 Å². The molecule has 1 aromatic carbocycles. The van der Waals surface area contributed by atoms with Gasteiger partial charge >= 0.3 is 0 Å². The van der Waals surface area contributed by atoms with Gasteiger partial charge in [-0.05, 0) is 36.6 Å². The molecule has 1 heterocycles. The summed E-state index contributed by atoms with van der Waals surface area (Å²) in [6.45, 7) is 5.28. The number of benzene rings is 1. The summed E-state index contributed by atoms with van der Waals surface area (Å²) < 4.78 is 0. The second kappa shape index (κ2) is 6.78. The molecular weight excluding hydrogens is 234 g/mol. The number of nitrogens with one attached hydrogen (secondary N) is 2. The van der Waals surface area contributed by atoms with Crippen LogP contribution in [0, 0.1) is 0 Å². The van der Waals surface area contributed by atoms with Gasteiger partial charge in [-0.15, -0.1) is 0 Å². The van der Waals surface area contributed by atoms with Crippen molar-refractivity contribution in [1.82, 2.24) is 4.98 Å². The molecule has 2 rings (SSSR count). The van der Waals surface area contributed by atoms with E-state index >= 15 is 0 Å². The summed E-state index contributed by atoms with van der Waals surface area (Å²) in [7, 11) is 0. The van der Waals surface area contributed by atoms with Gasteiger partial charge in [0.15, 0.2) is 0 Å². The van der Waals surface area contributed by atoms with Crippen LogP contribution in [0.1, 0.15) is 25.8 Å². The van der Waals surface area contributed by atoms with Crippen LogP contribution in [0.5, 0.6) is 0 Å². The largest absolute Gasteiger partial charge is 0.384 e. The average Bonchev–Trinajstić information content (AvgIpc) is 2.46. The Morgan fingerprint density at radius 2 is 1.68 bits per heavy atom. The fraction of sp³-hybridized carbons (Fsp3) is 0.312. The molecule has 0 spiro atoms. The predicted octanol–water partition coefficient (Wildman–Crippen LogP) is 4.21. The fourth-order valence-corrected chi connectivity index (χ4v) is 1.86. The molecule has 100 valence electrons. The molecule has 2 N–H and O–H groups in total. The molecular formula is C16H21N3. The zero-order valence-electron chi connectivity index (χ0n) is 11.6. The van der Waals surface area contributed by atoms with Crippen LogP contribution < -0.4 is 10.6 Å². The Kier molecular flexibility index (Phi) is 4.78. The third-order valence-electron chi connectivity index (χ3n) is 2.97. The van der Waals surface area contributed by atoms with Gasteiger partial charge in [-0.2, -0.15) is 0 Å². The molecule has 0 bridgehead atoms. The topological polar surface area (TPSA) is 37.0 Å². The zero-order chi connectivity index (χ0) is 13.5. The second-order valence-corrected chi connectivity index (χ2v) is 4.56. The van der Waals surface area contributed by atoms with E-state index in [1.807, 2.05) is 12.4 Å². The molecule has 0 fully saturated rings. The van der Waals surface area contributed by atoms with E-state index in [2.05, 4.69) is 59.8 Å². The Balaban J connectivity index is 2.05. The molecule has 0 aliphatic rings. The minimum absolute atomic E-state index is 0.969. The minimum Gasteiger partial charge on any atom is -0.384 e. The monoisotopic (exact) mass is 255 g/mol. The first-order chi connectivity index (χ1) is 9.31. The van der Waals surface area contributed by atoms with E-state index in [1.165, 1.54) is 5.56 Å². The number of hydrogen-bond acceptors (Lipinski definition) is 3. The van der Waals surface area contributed by atoms with Gasteiger partial charge in [0.1, 0.15) is 0 Å². The lowest BCUT2D eigenvalue weighted by atomic mass is 10.1. The first-order valence-corrected chi connectivity index (χ1v) is 6.86. The van der Waals surface area contributed by atoms with Crippen molar-refractivity contribution in [3.63, 3.8) is 0 Å². The Labute approximate surface area is 115 Å². The highest BCUT2D eigenvalue weighted by atomic mass is 14.9. The lowest BCUT2D eigenvalue weighted by Crippen LogP contribution is -2.01. The molecule has 0 saturated carbocycles. The van der Waals surface area contributed by atoms with Gasteiger partial charge in [0.05, 0.1) is 23.8 Å². The van der Waals surface area contributed by atoms with E-state index in [0.717, 1.165) is 36.4 Å². The smallest absolute Gasteiger partial charge is 0.0591 e. The molecule has 0 atom stereocenters. The van der Waals surface area contributed by atoms with Crippen LogP contribution >= 0.6 is 0 Å². The summed E-state index contributed by atoms with van der Waals surface area (Å²) >= 11 is 0. The highest BCUT2D eigenvalue weighted by Gasteiger charge is 1.98. The van der Waals surface area contributed by atoms with Crippen molar-refractivity contribution < 1.29 is 0 Å². The van der Waals surface area contributed by atoms with E-state index in [-0.39, 0.29) is 0 Å². The lowest BCUT2D eigenvalue weighted by molar-refractivity contribution is 0.978. The molecule has 2 aromatic rings. The fourth-order valence-electron chi connectivity index (χ4n) is 1.86. The zero-order valence-corrected chi connectivity index (χ0v) is 11.6. The molecule has 0 amide bonds. The third-order valence-corrected chi connectivity index (χ3v) is 2.97. The van der Waals surface area contributed by atoms with Crippen LogP contribution in [0.3, 0.4) is 0 Å². The van der Waals surface area contributed by atoms with Crippen LogP contribution in [0.25, 0.3) is 0 Å². The van der Waals surface area contributed by atoms with Crippen molar-refractivity contribution in [1.29, 1.82) is 0 Å². The quantitative estimate of drug-likeness (QED) is 0.812. The summed E-state index contributed by atoms with van der Waals surface area (Å²) in [5.41, 5.74) is 4.50. The van der Waals surface area contributed by atoms with Gasteiger partial charge in [0.2, 0.25) is 0 Å². The van der Waals surface area contributed by atoms with Crippen molar-refractivity contribution in [2.24, 2.45) is 0 Å². The van der Waals surface area contributed by atoms with E-state index < -0.39 is 0 Å². The number of hydrogen-bond donors (Lipinski definition) is 2. The number of aryl methyl sites for hydroxylation is 1. The van der Waals surface area contributed by atoms with Crippen molar-refractivity contribution in [2.45, 2.75) is 26.7 Å². The SMILES string of the molecule is CCCNc1cncc(Nc2ccc(CC)cc2)c1. The first kappa shape index (κ1) is 13.4. The predicted molar refractivity (Wildman–Crippen MR) is 82.1 cm³/mol. The highest BCUT2D eigenvalue weighted by Crippen LogP contribution is 2.19. The Hall–Kier alpha value is -2.03. The van der Waals surface area contributed by atoms with Crippen LogP contribution in [0.2, 0.25) is 0 Å². The standard InChI is InChI=1S/C16H21N3/c1-3-9-18-15-10-16(12-17-11-15)19-14-7-5-13(4-2)6-8-14/h5-8,10-12,18-19H,3-4,9H2,1-2H3. The van der Waals surface area contributed by atoms with Gasteiger partial charge < -0.3 is 10.6 Å². The van der Waals surface area contributed by atoms with Crippen molar-refractivity contribution in [3.8, 4) is 0 Å². The summed E-state index contributed by atoms with van der Waals surface area (Å²) in [4.78, 5) is 4.24. The number of nitrogens with zero attached hydrogens (tertiary/aromatic N) is 1. The Bertz CT molecular complexity index is 506. The van der Waals surface area contributed by atoms with Gasteiger partial charge in [-0.3, -0.25) is 4.98 Å². The van der Waals surface area contributed by atoms with Crippen LogP contribution in [-0.4, -0.2) is 11.5 Å². The summed E-state index contributed by atoms with van der Waals surface area (Å²) in [6.07, 6.45) is 5.86. The maximum absolute atomic E-state index is 4.24. The molecule has 0 aliphatic carbocycles. The van der Waals surface area contributed by atoms with E-state index in [0.29, 0.717) is 0 Å². The molecule has 0 saturated heterocycles. The summed E-state index contributed by atoms with van der Waals surface area (Å²) in [5.74, 6) is 0. The molecule has 0 unspecified atom stereocenters. The number of rotatable bonds is 6. The average molecular weight is 255 g/mol. The lowest BCUT2D eigenvalue weighted by Gasteiger charge is -2.09. The highest BCUT2D eigenvalue weighted by molar-refractivity contribution is 5.63. The number of aromatic nitrogens is 1. The van der Waals surface area contributed by atoms with Crippen molar-refractivity contribution >= 4 is 17.1 Å². The van der Waals surface area contributed by atoms with Crippen molar-refractivity contribution in [3.05, 3.63) is 48.3 Å². The van der Waals surface area contributed by atoms with Gasteiger partial charge in [0, 0.05) is 12.2 Å². The Morgan fingerprint density at radius 3 is 2.37 bits per heavy atom.